The van der Waals surface area contributed by atoms with Gasteiger partial charge in [-0.15, -0.1) is 11.3 Å². The predicted molar refractivity (Wildman–Crippen MR) is 153 cm³/mol. The van der Waals surface area contributed by atoms with Gasteiger partial charge >= 0.3 is 0 Å². The zero-order valence-corrected chi connectivity index (χ0v) is 21.3. The van der Waals surface area contributed by atoms with E-state index in [4.69, 9.17) is 22.3 Å². The van der Waals surface area contributed by atoms with Gasteiger partial charge < -0.3 is 10.6 Å². The van der Waals surface area contributed by atoms with Crippen LogP contribution in [0.15, 0.2) is 115 Å². The number of thiazole rings is 1. The molecule has 0 amide bonds. The normalized spacial score (nSPS) is 15.9. The number of aryl methyl sites for hydroxylation is 1. The van der Waals surface area contributed by atoms with Gasteiger partial charge in [-0.25, -0.2) is 4.98 Å². The van der Waals surface area contributed by atoms with Crippen molar-refractivity contribution in [2.24, 2.45) is 5.73 Å². The minimum Gasteiger partial charge on any atom is -0.397 e. The molecule has 1 aliphatic heterocycles. The van der Waals surface area contributed by atoms with Crippen molar-refractivity contribution < 1.29 is 0 Å². The molecule has 0 saturated carbocycles. The summed E-state index contributed by atoms with van der Waals surface area (Å²) in [4.78, 5) is 7.32. The number of aromatic nitrogens is 1. The Morgan fingerprint density at radius 3 is 2.25 bits per heavy atom. The van der Waals surface area contributed by atoms with Gasteiger partial charge in [-0.2, -0.15) is 0 Å². The molecule has 0 spiro atoms. The van der Waals surface area contributed by atoms with E-state index < -0.39 is 0 Å². The summed E-state index contributed by atoms with van der Waals surface area (Å²) in [6.07, 6.45) is 2.12. The predicted octanol–water partition coefficient (Wildman–Crippen LogP) is 8.23. The molecule has 2 heterocycles. The molecule has 1 aromatic heterocycles. The van der Waals surface area contributed by atoms with Gasteiger partial charge in [0.1, 0.15) is 10.7 Å². The summed E-state index contributed by atoms with van der Waals surface area (Å²) in [6, 6.07) is 35.3. The van der Waals surface area contributed by atoms with E-state index in [0.717, 1.165) is 37.7 Å². The van der Waals surface area contributed by atoms with Crippen LogP contribution in [0.1, 0.15) is 27.7 Å². The summed E-state index contributed by atoms with van der Waals surface area (Å²) < 4.78 is 1.13. The van der Waals surface area contributed by atoms with E-state index in [-0.39, 0.29) is 6.04 Å². The summed E-state index contributed by atoms with van der Waals surface area (Å²) in [5.74, 6) is 0. The first kappa shape index (κ1) is 22.6. The fraction of sp³-hybridized carbons (Fsp3) is 0.0645. The third kappa shape index (κ3) is 4.09. The first-order chi connectivity index (χ1) is 17.6. The highest BCUT2D eigenvalue weighted by Crippen LogP contribution is 2.48. The van der Waals surface area contributed by atoms with Gasteiger partial charge in [0.25, 0.3) is 0 Å². The van der Waals surface area contributed by atoms with E-state index in [2.05, 4.69) is 84.6 Å². The Hall–Kier alpha value is -3.86. The van der Waals surface area contributed by atoms with E-state index in [0.29, 0.717) is 10.7 Å². The Balaban J connectivity index is 1.64. The summed E-state index contributed by atoms with van der Waals surface area (Å²) in [5.41, 5.74) is 15.1. The number of para-hydroxylation sites is 1. The lowest BCUT2D eigenvalue weighted by Crippen LogP contribution is -2.33. The van der Waals surface area contributed by atoms with Gasteiger partial charge in [0.15, 0.2) is 0 Å². The van der Waals surface area contributed by atoms with Crippen LogP contribution in [0.25, 0.3) is 21.5 Å². The first-order valence-corrected chi connectivity index (χ1v) is 13.0. The van der Waals surface area contributed by atoms with Gasteiger partial charge in [0.2, 0.25) is 0 Å². The van der Waals surface area contributed by atoms with Crippen LogP contribution in [-0.4, -0.2) is 4.98 Å². The van der Waals surface area contributed by atoms with Gasteiger partial charge in [-0.05, 0) is 66.1 Å². The van der Waals surface area contributed by atoms with Crippen LogP contribution in [0.2, 0.25) is 5.02 Å². The number of rotatable bonds is 4. The van der Waals surface area contributed by atoms with Crippen molar-refractivity contribution in [1.29, 1.82) is 0 Å². The topological polar surface area (TPSA) is 42.1 Å². The summed E-state index contributed by atoms with van der Waals surface area (Å²) in [5, 5.41) is 1.59. The van der Waals surface area contributed by atoms with Crippen molar-refractivity contribution in [3.8, 4) is 0 Å². The lowest BCUT2D eigenvalue weighted by Gasteiger charge is -2.40. The van der Waals surface area contributed by atoms with E-state index in [9.17, 15) is 0 Å². The quantitative estimate of drug-likeness (QED) is 0.267. The first-order valence-electron chi connectivity index (χ1n) is 11.8. The largest absolute Gasteiger partial charge is 0.397 e. The molecule has 176 valence electrons. The Bertz CT molecular complexity index is 1570. The highest BCUT2D eigenvalue weighted by Gasteiger charge is 2.35. The fourth-order valence-corrected chi connectivity index (χ4v) is 5.91. The van der Waals surface area contributed by atoms with Crippen molar-refractivity contribution >= 4 is 50.1 Å². The summed E-state index contributed by atoms with van der Waals surface area (Å²) >= 11 is 7.96. The number of benzene rings is 4. The van der Waals surface area contributed by atoms with Gasteiger partial charge in [-0.1, -0.05) is 83.9 Å². The zero-order chi connectivity index (χ0) is 24.6. The standard InChI is InChI=1S/C31H24ClN3S/c1-20-11-13-22(14-12-20)29-25(21-7-3-2-4-8-21)19-26(33)30(35(29)24-17-15-23(32)16-18-24)31-34-27-9-5-6-10-28(27)36-31/h2-19,29H,33H2,1H3. The zero-order valence-electron chi connectivity index (χ0n) is 19.7. The molecule has 0 fully saturated rings. The van der Waals surface area contributed by atoms with E-state index in [1.165, 1.54) is 11.1 Å². The third-order valence-corrected chi connectivity index (χ3v) is 7.77. The van der Waals surface area contributed by atoms with Crippen molar-refractivity contribution in [2.75, 3.05) is 4.90 Å². The lowest BCUT2D eigenvalue weighted by molar-refractivity contribution is 0.857. The number of allylic oxidation sites excluding steroid dienone is 1. The number of nitrogens with two attached hydrogens (primary N) is 1. The molecule has 6 rings (SSSR count). The molecule has 2 N–H and O–H groups in total. The average molecular weight is 506 g/mol. The molecule has 0 aliphatic carbocycles. The second-order valence-electron chi connectivity index (χ2n) is 8.92. The number of nitrogens with zero attached hydrogens (tertiary/aromatic N) is 2. The van der Waals surface area contributed by atoms with Crippen molar-refractivity contribution in [3.63, 3.8) is 0 Å². The molecule has 0 bridgehead atoms. The van der Waals surface area contributed by atoms with E-state index in [1.807, 2.05) is 36.4 Å². The SMILES string of the molecule is Cc1ccc(C2C(c3ccccc3)=CC(N)=C(c3nc4ccccc4s3)N2c2ccc(Cl)cc2)cc1. The summed E-state index contributed by atoms with van der Waals surface area (Å²) in [7, 11) is 0. The molecular formula is C31H24ClN3S. The molecule has 1 atom stereocenters. The molecule has 1 unspecified atom stereocenters. The molecule has 5 aromatic rings. The number of halogens is 1. The molecule has 0 saturated heterocycles. The minimum atomic E-state index is -0.108. The second-order valence-corrected chi connectivity index (χ2v) is 10.4. The minimum absolute atomic E-state index is 0.108. The molecule has 3 nitrogen and oxygen atoms in total. The van der Waals surface area contributed by atoms with Crippen LogP contribution in [0.3, 0.4) is 0 Å². The third-order valence-electron chi connectivity index (χ3n) is 6.48. The number of fused-ring (bicyclic) bond motifs is 1. The van der Waals surface area contributed by atoms with Gasteiger partial charge in [0.05, 0.1) is 22.0 Å². The van der Waals surface area contributed by atoms with Crippen LogP contribution in [0, 0.1) is 6.92 Å². The van der Waals surface area contributed by atoms with Gasteiger partial charge in [0, 0.05) is 10.7 Å². The number of hydrogen-bond acceptors (Lipinski definition) is 4. The average Bonchev–Trinajstić information content (AvgIpc) is 3.33. The van der Waals surface area contributed by atoms with Crippen LogP contribution >= 0.6 is 22.9 Å². The molecule has 4 aromatic carbocycles. The van der Waals surface area contributed by atoms with E-state index in [1.54, 1.807) is 11.3 Å². The number of hydrogen-bond donors (Lipinski definition) is 1. The Morgan fingerprint density at radius 1 is 0.833 bits per heavy atom. The maximum absolute atomic E-state index is 6.88. The van der Waals surface area contributed by atoms with Crippen LogP contribution in [0.5, 0.6) is 0 Å². The smallest absolute Gasteiger partial charge is 0.143 e. The Morgan fingerprint density at radius 2 is 1.53 bits per heavy atom. The monoisotopic (exact) mass is 505 g/mol. The molecule has 36 heavy (non-hydrogen) atoms. The highest BCUT2D eigenvalue weighted by atomic mass is 35.5. The number of anilines is 1. The van der Waals surface area contributed by atoms with Crippen molar-refractivity contribution in [2.45, 2.75) is 13.0 Å². The second kappa shape index (κ2) is 9.30. The molecular weight excluding hydrogens is 482 g/mol. The summed E-state index contributed by atoms with van der Waals surface area (Å²) in [6.45, 7) is 2.11. The van der Waals surface area contributed by atoms with Crippen LogP contribution in [0.4, 0.5) is 5.69 Å². The fourth-order valence-electron chi connectivity index (χ4n) is 4.75. The molecule has 5 heteroatoms. The van der Waals surface area contributed by atoms with E-state index >= 15 is 0 Å². The maximum Gasteiger partial charge on any atom is 0.143 e. The van der Waals surface area contributed by atoms with Crippen LogP contribution in [-0.2, 0) is 0 Å². The lowest BCUT2D eigenvalue weighted by atomic mass is 9.87. The van der Waals surface area contributed by atoms with Gasteiger partial charge in [-0.3, -0.25) is 0 Å². The molecule has 1 aliphatic rings. The molecule has 0 radical (unpaired) electrons. The van der Waals surface area contributed by atoms with Crippen molar-refractivity contribution in [1.82, 2.24) is 4.98 Å². The Labute approximate surface area is 219 Å². The Kier molecular flexibility index (Phi) is 5.84. The van der Waals surface area contributed by atoms with Crippen molar-refractivity contribution in [3.05, 3.63) is 142 Å². The highest BCUT2D eigenvalue weighted by molar-refractivity contribution is 7.19. The maximum atomic E-state index is 6.88. The van der Waals surface area contributed by atoms with Crippen LogP contribution < -0.4 is 10.6 Å².